The first kappa shape index (κ1) is 21.4. The SMILES string of the molecule is CCOCCCN(C)C(=O)c1c(O)c2ncc(Cc3ccc(F)cc3)cc2[nH]c1=O. The van der Waals surface area contributed by atoms with Gasteiger partial charge in [-0.25, -0.2) is 4.39 Å². The number of benzene rings is 1. The van der Waals surface area contributed by atoms with Crippen LogP contribution in [0.15, 0.2) is 41.3 Å². The number of aromatic hydroxyl groups is 1. The zero-order valence-electron chi connectivity index (χ0n) is 16.9. The predicted octanol–water partition coefficient (Wildman–Crippen LogP) is 2.86. The number of aromatic nitrogens is 2. The van der Waals surface area contributed by atoms with Crippen molar-refractivity contribution in [1.82, 2.24) is 14.9 Å². The number of hydrogen-bond acceptors (Lipinski definition) is 5. The third-order valence-corrected chi connectivity index (χ3v) is 4.75. The number of nitrogens with zero attached hydrogens (tertiary/aromatic N) is 2. The van der Waals surface area contributed by atoms with Crippen LogP contribution in [0.3, 0.4) is 0 Å². The Morgan fingerprint density at radius 3 is 2.70 bits per heavy atom. The Balaban J connectivity index is 1.85. The molecule has 2 N–H and O–H groups in total. The summed E-state index contributed by atoms with van der Waals surface area (Å²) in [5, 5.41) is 10.6. The van der Waals surface area contributed by atoms with Crippen LogP contribution in [0.1, 0.15) is 34.8 Å². The number of halogens is 1. The second kappa shape index (κ2) is 9.49. The van der Waals surface area contributed by atoms with Crippen LogP contribution in [0.5, 0.6) is 5.75 Å². The molecule has 30 heavy (non-hydrogen) atoms. The first-order valence-corrected chi connectivity index (χ1v) is 9.72. The first-order chi connectivity index (χ1) is 14.4. The number of pyridine rings is 2. The number of H-pyrrole nitrogens is 1. The number of carbonyl (C=O) groups excluding carboxylic acids is 1. The van der Waals surface area contributed by atoms with Crippen LogP contribution in [-0.4, -0.2) is 52.7 Å². The zero-order chi connectivity index (χ0) is 21.7. The van der Waals surface area contributed by atoms with Gasteiger partial charge in [0.05, 0.1) is 5.52 Å². The molecule has 0 fully saturated rings. The Morgan fingerprint density at radius 1 is 1.27 bits per heavy atom. The van der Waals surface area contributed by atoms with Crippen molar-refractivity contribution in [2.45, 2.75) is 19.8 Å². The number of nitrogens with one attached hydrogen (secondary N) is 1. The topological polar surface area (TPSA) is 95.5 Å². The van der Waals surface area contributed by atoms with Gasteiger partial charge < -0.3 is 19.7 Å². The highest BCUT2D eigenvalue weighted by Gasteiger charge is 2.23. The quantitative estimate of drug-likeness (QED) is 0.554. The summed E-state index contributed by atoms with van der Waals surface area (Å²) in [5.74, 6) is -1.34. The summed E-state index contributed by atoms with van der Waals surface area (Å²) in [6.45, 7) is 3.38. The third kappa shape index (κ3) is 4.83. The second-order valence-electron chi connectivity index (χ2n) is 7.00. The fraction of sp³-hybridized carbons (Fsp3) is 0.318. The molecule has 0 saturated carbocycles. The van der Waals surface area contributed by atoms with Crippen LogP contribution in [0, 0.1) is 5.82 Å². The molecule has 2 heterocycles. The number of fused-ring (bicyclic) bond motifs is 1. The minimum Gasteiger partial charge on any atom is -0.505 e. The highest BCUT2D eigenvalue weighted by Crippen LogP contribution is 2.25. The average molecular weight is 413 g/mol. The summed E-state index contributed by atoms with van der Waals surface area (Å²) < 4.78 is 18.3. The summed E-state index contributed by atoms with van der Waals surface area (Å²) in [7, 11) is 1.57. The molecule has 0 spiro atoms. The lowest BCUT2D eigenvalue weighted by Crippen LogP contribution is -2.33. The molecule has 2 aromatic heterocycles. The molecule has 8 heteroatoms. The minimum atomic E-state index is -0.678. The van der Waals surface area contributed by atoms with Crippen LogP contribution < -0.4 is 5.56 Å². The van der Waals surface area contributed by atoms with Gasteiger partial charge in [0.25, 0.3) is 11.5 Å². The van der Waals surface area contributed by atoms with Crippen LogP contribution in [0.2, 0.25) is 0 Å². The number of ether oxygens (including phenoxy) is 1. The standard InChI is InChI=1S/C22H24FN3O4/c1-3-30-10-4-9-26(2)22(29)18-20(27)19-17(25-21(18)28)12-15(13-24-19)11-14-5-7-16(23)8-6-14/h5-8,12-13H,3-4,9-11H2,1-2H3,(H2,25,27,28). The first-order valence-electron chi connectivity index (χ1n) is 9.72. The molecule has 0 saturated heterocycles. The molecule has 0 bridgehead atoms. The monoisotopic (exact) mass is 413 g/mol. The third-order valence-electron chi connectivity index (χ3n) is 4.75. The summed E-state index contributed by atoms with van der Waals surface area (Å²) in [5.41, 5.74) is 1.11. The fourth-order valence-corrected chi connectivity index (χ4v) is 3.18. The maximum absolute atomic E-state index is 13.1. The lowest BCUT2D eigenvalue weighted by atomic mass is 10.1. The summed E-state index contributed by atoms with van der Waals surface area (Å²) in [6, 6.07) is 7.78. The molecule has 0 aliphatic heterocycles. The van der Waals surface area contributed by atoms with Crippen molar-refractivity contribution in [3.63, 3.8) is 0 Å². The van der Waals surface area contributed by atoms with Gasteiger partial charge in [0, 0.05) is 33.0 Å². The Kier molecular flexibility index (Phi) is 6.79. The van der Waals surface area contributed by atoms with E-state index in [-0.39, 0.29) is 16.9 Å². The molecule has 0 radical (unpaired) electrons. The minimum absolute atomic E-state index is 0.142. The second-order valence-corrected chi connectivity index (χ2v) is 7.00. The summed E-state index contributed by atoms with van der Waals surface area (Å²) in [4.78, 5) is 33.5. The van der Waals surface area contributed by atoms with Gasteiger partial charge in [0.15, 0.2) is 5.75 Å². The van der Waals surface area contributed by atoms with Gasteiger partial charge in [-0.2, -0.15) is 0 Å². The van der Waals surface area contributed by atoms with E-state index < -0.39 is 17.2 Å². The maximum Gasteiger partial charge on any atom is 0.265 e. The summed E-state index contributed by atoms with van der Waals surface area (Å²) in [6.07, 6.45) is 2.66. The number of rotatable bonds is 8. The van der Waals surface area contributed by atoms with E-state index >= 15 is 0 Å². The Morgan fingerprint density at radius 2 is 2.00 bits per heavy atom. The van der Waals surface area contributed by atoms with Gasteiger partial charge in [-0.05, 0) is 49.1 Å². The molecule has 0 aliphatic rings. The molecule has 158 valence electrons. The van der Waals surface area contributed by atoms with Crippen molar-refractivity contribution >= 4 is 16.9 Å². The van der Waals surface area contributed by atoms with Crippen molar-refractivity contribution in [3.8, 4) is 5.75 Å². The van der Waals surface area contributed by atoms with Crippen LogP contribution in [0.4, 0.5) is 4.39 Å². The average Bonchev–Trinajstić information content (AvgIpc) is 2.72. The molecule has 1 aromatic carbocycles. The van der Waals surface area contributed by atoms with Crippen molar-refractivity contribution in [1.29, 1.82) is 0 Å². The number of aromatic amines is 1. The van der Waals surface area contributed by atoms with Crippen molar-refractivity contribution in [2.75, 3.05) is 26.8 Å². The molecule has 1 amide bonds. The van der Waals surface area contributed by atoms with Gasteiger partial charge in [0.2, 0.25) is 0 Å². The van der Waals surface area contributed by atoms with Crippen molar-refractivity contribution in [2.24, 2.45) is 0 Å². The van der Waals surface area contributed by atoms with E-state index in [9.17, 15) is 19.1 Å². The predicted molar refractivity (Wildman–Crippen MR) is 111 cm³/mol. The Hall–Kier alpha value is -3.26. The van der Waals surface area contributed by atoms with E-state index in [2.05, 4.69) is 9.97 Å². The van der Waals surface area contributed by atoms with E-state index in [1.54, 1.807) is 31.4 Å². The van der Waals surface area contributed by atoms with Gasteiger partial charge in [-0.1, -0.05) is 12.1 Å². The number of hydrogen-bond donors (Lipinski definition) is 2. The smallest absolute Gasteiger partial charge is 0.265 e. The Bertz CT molecular complexity index is 1100. The zero-order valence-corrected chi connectivity index (χ0v) is 16.9. The number of carbonyl (C=O) groups is 1. The van der Waals surface area contributed by atoms with Gasteiger partial charge in [0.1, 0.15) is 16.9 Å². The van der Waals surface area contributed by atoms with E-state index in [4.69, 9.17) is 4.74 Å². The molecule has 3 aromatic rings. The largest absolute Gasteiger partial charge is 0.505 e. The summed E-state index contributed by atoms with van der Waals surface area (Å²) >= 11 is 0. The molecule has 0 unspecified atom stereocenters. The van der Waals surface area contributed by atoms with Gasteiger partial charge in [-0.3, -0.25) is 14.6 Å². The lowest BCUT2D eigenvalue weighted by molar-refractivity contribution is 0.0764. The van der Waals surface area contributed by atoms with Crippen LogP contribution in [-0.2, 0) is 11.2 Å². The van der Waals surface area contributed by atoms with Gasteiger partial charge in [-0.15, -0.1) is 0 Å². The molecule has 3 rings (SSSR count). The van der Waals surface area contributed by atoms with Crippen LogP contribution >= 0.6 is 0 Å². The lowest BCUT2D eigenvalue weighted by Gasteiger charge is -2.17. The molecule has 7 nitrogen and oxygen atoms in total. The van der Waals surface area contributed by atoms with Crippen molar-refractivity contribution < 1.29 is 19.0 Å². The van der Waals surface area contributed by atoms with Crippen molar-refractivity contribution in [3.05, 3.63) is 69.4 Å². The molecular weight excluding hydrogens is 389 g/mol. The van der Waals surface area contributed by atoms with Gasteiger partial charge >= 0.3 is 0 Å². The van der Waals surface area contributed by atoms with E-state index in [0.717, 1.165) is 11.1 Å². The normalized spacial score (nSPS) is 11.0. The van der Waals surface area contributed by atoms with Crippen LogP contribution in [0.25, 0.3) is 11.0 Å². The molecule has 0 atom stereocenters. The highest BCUT2D eigenvalue weighted by atomic mass is 19.1. The maximum atomic E-state index is 13.1. The van der Waals surface area contributed by atoms with E-state index in [1.165, 1.54) is 17.0 Å². The van der Waals surface area contributed by atoms with E-state index in [0.29, 0.717) is 38.1 Å². The fourth-order valence-electron chi connectivity index (χ4n) is 3.18. The molecule has 0 aliphatic carbocycles. The highest BCUT2D eigenvalue weighted by molar-refractivity contribution is 6.01. The Labute approximate surface area is 173 Å². The van der Waals surface area contributed by atoms with E-state index in [1.807, 2.05) is 6.92 Å². The number of amides is 1. The molecular formula is C22H24FN3O4.